The Morgan fingerprint density at radius 2 is 2.00 bits per heavy atom. The van der Waals surface area contributed by atoms with Crippen molar-refractivity contribution in [3.05, 3.63) is 0 Å². The third-order valence-electron chi connectivity index (χ3n) is 2.66. The lowest BCUT2D eigenvalue weighted by molar-refractivity contribution is -0.132. The van der Waals surface area contributed by atoms with Crippen LogP contribution in [-0.2, 0) is 14.6 Å². The maximum atomic E-state index is 11.9. The molecule has 5 nitrogen and oxygen atoms in total. The first kappa shape index (κ1) is 13.4. The summed E-state index contributed by atoms with van der Waals surface area (Å²) in [5.41, 5.74) is 5.40. The minimum absolute atomic E-state index is 0.0305. The lowest BCUT2D eigenvalue weighted by atomic mass is 10.1. The van der Waals surface area contributed by atoms with Crippen molar-refractivity contribution in [1.29, 1.82) is 0 Å². The van der Waals surface area contributed by atoms with Gasteiger partial charge in [0.2, 0.25) is 5.91 Å². The summed E-state index contributed by atoms with van der Waals surface area (Å²) >= 11 is 4.75. The van der Waals surface area contributed by atoms with Gasteiger partial charge in [0.05, 0.1) is 22.4 Å². The Hall–Kier alpha value is -0.690. The summed E-state index contributed by atoms with van der Waals surface area (Å²) < 4.78 is 22.7. The molecule has 0 aromatic heterocycles. The molecule has 1 fully saturated rings. The first-order chi connectivity index (χ1) is 7.33. The number of nitrogens with zero attached hydrogens (tertiary/aromatic N) is 1. The zero-order valence-electron chi connectivity index (χ0n) is 9.18. The summed E-state index contributed by atoms with van der Waals surface area (Å²) in [5.74, 6) is -0.512. The van der Waals surface area contributed by atoms with Crippen LogP contribution in [0, 0.1) is 5.92 Å². The van der Waals surface area contributed by atoms with Gasteiger partial charge in [0, 0.05) is 13.1 Å². The predicted octanol–water partition coefficient (Wildman–Crippen LogP) is -0.444. The van der Waals surface area contributed by atoms with Crippen molar-refractivity contribution >= 4 is 33.0 Å². The number of carbonyl (C=O) groups is 1. The van der Waals surface area contributed by atoms with E-state index in [9.17, 15) is 13.2 Å². The number of hydrogen-bond acceptors (Lipinski definition) is 4. The predicted molar refractivity (Wildman–Crippen MR) is 65.8 cm³/mol. The molecule has 0 aliphatic carbocycles. The summed E-state index contributed by atoms with van der Waals surface area (Å²) in [6.07, 6.45) is 0.484. The largest absolute Gasteiger partial charge is 0.393 e. The molecule has 1 saturated heterocycles. The van der Waals surface area contributed by atoms with Crippen LogP contribution < -0.4 is 5.73 Å². The van der Waals surface area contributed by atoms with Crippen molar-refractivity contribution in [2.45, 2.75) is 13.3 Å². The Morgan fingerprint density at radius 1 is 1.38 bits per heavy atom. The normalized spacial score (nSPS) is 22.2. The minimum atomic E-state index is -2.99. The first-order valence-corrected chi connectivity index (χ1v) is 7.35. The molecular formula is C9H16N2O3S2. The van der Waals surface area contributed by atoms with Gasteiger partial charge in [-0.05, 0) is 13.3 Å². The van der Waals surface area contributed by atoms with Gasteiger partial charge in [0.1, 0.15) is 0 Å². The molecule has 1 atom stereocenters. The molecule has 1 unspecified atom stereocenters. The number of thiocarbonyl (C=S) groups is 1. The fourth-order valence-electron chi connectivity index (χ4n) is 1.55. The maximum Gasteiger partial charge on any atom is 0.232 e. The standard InChI is InChI=1S/C9H16N2O3S2/c1-7(8(10)15)9(12)11-3-2-5-16(13,14)6-4-11/h7H,2-6H2,1H3,(H2,10,15). The first-order valence-electron chi connectivity index (χ1n) is 5.12. The Morgan fingerprint density at radius 3 is 2.56 bits per heavy atom. The van der Waals surface area contributed by atoms with Crippen molar-refractivity contribution in [3.8, 4) is 0 Å². The molecule has 1 rings (SSSR count). The zero-order valence-corrected chi connectivity index (χ0v) is 10.8. The smallest absolute Gasteiger partial charge is 0.232 e. The average Bonchev–Trinajstić information content (AvgIpc) is 2.37. The summed E-state index contributed by atoms with van der Waals surface area (Å²) in [5, 5.41) is 0. The number of sulfone groups is 1. The topological polar surface area (TPSA) is 80.5 Å². The second-order valence-corrected chi connectivity index (χ2v) is 6.73. The molecule has 0 aromatic rings. The van der Waals surface area contributed by atoms with Gasteiger partial charge in [0.25, 0.3) is 0 Å². The molecule has 1 amide bonds. The average molecular weight is 264 g/mol. The Labute approximate surface area is 101 Å². The summed E-state index contributed by atoms with van der Waals surface area (Å²) in [4.78, 5) is 13.6. The van der Waals surface area contributed by atoms with Crippen LogP contribution in [0.2, 0.25) is 0 Å². The van der Waals surface area contributed by atoms with Crippen LogP contribution in [0.3, 0.4) is 0 Å². The van der Waals surface area contributed by atoms with E-state index in [0.717, 1.165) is 0 Å². The molecule has 16 heavy (non-hydrogen) atoms. The Bertz CT molecular complexity index is 392. The third-order valence-corrected chi connectivity index (χ3v) is 4.73. The highest BCUT2D eigenvalue weighted by atomic mass is 32.2. The fraction of sp³-hybridized carbons (Fsp3) is 0.778. The molecule has 0 radical (unpaired) electrons. The van der Waals surface area contributed by atoms with Crippen molar-refractivity contribution in [1.82, 2.24) is 4.90 Å². The second kappa shape index (κ2) is 5.09. The van der Waals surface area contributed by atoms with Crippen molar-refractivity contribution in [2.24, 2.45) is 11.7 Å². The summed E-state index contributed by atoms with van der Waals surface area (Å²) in [7, 11) is -2.99. The lowest BCUT2D eigenvalue weighted by Gasteiger charge is -2.22. The van der Waals surface area contributed by atoms with E-state index in [0.29, 0.717) is 13.0 Å². The van der Waals surface area contributed by atoms with E-state index < -0.39 is 15.8 Å². The van der Waals surface area contributed by atoms with Gasteiger partial charge in [-0.25, -0.2) is 8.42 Å². The van der Waals surface area contributed by atoms with E-state index in [1.54, 1.807) is 6.92 Å². The molecule has 2 N–H and O–H groups in total. The molecule has 0 spiro atoms. The molecule has 1 aliphatic heterocycles. The number of carbonyl (C=O) groups excluding carboxylic acids is 1. The van der Waals surface area contributed by atoms with Crippen LogP contribution in [0.4, 0.5) is 0 Å². The van der Waals surface area contributed by atoms with E-state index in [1.807, 2.05) is 0 Å². The highest BCUT2D eigenvalue weighted by Crippen LogP contribution is 2.09. The minimum Gasteiger partial charge on any atom is -0.393 e. The molecule has 0 aromatic carbocycles. The van der Waals surface area contributed by atoms with Gasteiger partial charge in [-0.15, -0.1) is 0 Å². The molecule has 92 valence electrons. The van der Waals surface area contributed by atoms with Crippen LogP contribution in [0.15, 0.2) is 0 Å². The number of nitrogens with two attached hydrogens (primary N) is 1. The van der Waals surface area contributed by atoms with E-state index in [-0.39, 0.29) is 28.9 Å². The van der Waals surface area contributed by atoms with Crippen LogP contribution >= 0.6 is 12.2 Å². The molecule has 0 bridgehead atoms. The Balaban J connectivity index is 2.68. The zero-order chi connectivity index (χ0) is 12.3. The van der Waals surface area contributed by atoms with Crippen LogP contribution in [0.1, 0.15) is 13.3 Å². The van der Waals surface area contributed by atoms with Gasteiger partial charge in [-0.3, -0.25) is 4.79 Å². The third kappa shape index (κ3) is 3.41. The highest BCUT2D eigenvalue weighted by Gasteiger charge is 2.26. The SMILES string of the molecule is CC(C(=O)N1CCCS(=O)(=O)CC1)C(N)=S. The molecule has 1 heterocycles. The van der Waals surface area contributed by atoms with Gasteiger partial charge < -0.3 is 10.6 Å². The number of rotatable bonds is 2. The van der Waals surface area contributed by atoms with Gasteiger partial charge in [-0.2, -0.15) is 0 Å². The van der Waals surface area contributed by atoms with Crippen molar-refractivity contribution in [3.63, 3.8) is 0 Å². The highest BCUT2D eigenvalue weighted by molar-refractivity contribution is 7.91. The van der Waals surface area contributed by atoms with Crippen LogP contribution in [-0.4, -0.2) is 48.8 Å². The van der Waals surface area contributed by atoms with Crippen molar-refractivity contribution < 1.29 is 13.2 Å². The van der Waals surface area contributed by atoms with Gasteiger partial charge >= 0.3 is 0 Å². The lowest BCUT2D eigenvalue weighted by Crippen LogP contribution is -2.41. The maximum absolute atomic E-state index is 11.9. The molecular weight excluding hydrogens is 248 g/mol. The van der Waals surface area contributed by atoms with E-state index >= 15 is 0 Å². The summed E-state index contributed by atoms with van der Waals surface area (Å²) in [6.45, 7) is 2.35. The van der Waals surface area contributed by atoms with E-state index in [4.69, 9.17) is 18.0 Å². The van der Waals surface area contributed by atoms with E-state index in [2.05, 4.69) is 0 Å². The Kier molecular flexibility index (Phi) is 4.26. The number of amides is 1. The monoisotopic (exact) mass is 264 g/mol. The molecule has 0 saturated carbocycles. The van der Waals surface area contributed by atoms with Gasteiger partial charge in [-0.1, -0.05) is 12.2 Å². The molecule has 1 aliphatic rings. The van der Waals surface area contributed by atoms with E-state index in [1.165, 1.54) is 4.90 Å². The second-order valence-electron chi connectivity index (χ2n) is 3.95. The number of hydrogen-bond donors (Lipinski definition) is 1. The fourth-order valence-corrected chi connectivity index (χ4v) is 2.93. The van der Waals surface area contributed by atoms with Crippen LogP contribution in [0.5, 0.6) is 0 Å². The molecule has 7 heteroatoms. The van der Waals surface area contributed by atoms with Crippen LogP contribution in [0.25, 0.3) is 0 Å². The van der Waals surface area contributed by atoms with Gasteiger partial charge in [0.15, 0.2) is 9.84 Å². The van der Waals surface area contributed by atoms with Crippen molar-refractivity contribution in [2.75, 3.05) is 24.6 Å². The quantitative estimate of drug-likeness (QED) is 0.684. The summed E-state index contributed by atoms with van der Waals surface area (Å²) in [6, 6.07) is 0.